The van der Waals surface area contributed by atoms with E-state index in [2.05, 4.69) is 66.7 Å². The van der Waals surface area contributed by atoms with Crippen molar-refractivity contribution in [3.8, 4) is 0 Å². The Morgan fingerprint density at radius 3 is 1.11 bits per heavy atom. The van der Waals surface area contributed by atoms with Gasteiger partial charge in [0.1, 0.15) is 21.5 Å². The van der Waals surface area contributed by atoms with Crippen molar-refractivity contribution in [2.45, 2.75) is 134 Å². The van der Waals surface area contributed by atoms with E-state index in [1.165, 1.54) is 5.69 Å². The third-order valence-electron chi connectivity index (χ3n) is 5.44. The first-order valence-corrected chi connectivity index (χ1v) is 16.3. The predicted molar refractivity (Wildman–Crippen MR) is 223 cm³/mol. The summed E-state index contributed by atoms with van der Waals surface area (Å²) in [6.45, 7) is 26.5. The Kier molecular flexibility index (Phi) is 33.3. The van der Waals surface area contributed by atoms with Crippen LogP contribution in [0.15, 0.2) is 42.3 Å². The maximum atomic E-state index is 4.86. The summed E-state index contributed by atoms with van der Waals surface area (Å²) in [7, 11) is 1.95. The number of rotatable bonds is 0. The molecule has 0 fully saturated rings. The summed E-state index contributed by atoms with van der Waals surface area (Å²) >= 11 is 1.62. The van der Waals surface area contributed by atoms with Crippen LogP contribution in [-0.2, 0) is 7.05 Å². The molecule has 0 atom stereocenters. The zero-order valence-electron chi connectivity index (χ0n) is 31.8. The van der Waals surface area contributed by atoms with E-state index in [-0.39, 0.29) is 37.1 Å². The molecular weight excluding hydrogens is 721 g/mol. The lowest BCUT2D eigenvalue weighted by molar-refractivity contribution is 0.389. The number of aryl methyl sites for hydroxylation is 15. The van der Waals surface area contributed by atoms with Crippen LogP contribution in [0.25, 0.3) is 0 Å². The molecule has 0 saturated heterocycles. The van der Waals surface area contributed by atoms with Crippen molar-refractivity contribution >= 4 is 11.3 Å². The minimum atomic E-state index is 0. The van der Waals surface area contributed by atoms with E-state index >= 15 is 0 Å². The van der Waals surface area contributed by atoms with Gasteiger partial charge in [0.15, 0.2) is 5.82 Å². The minimum absolute atomic E-state index is 0. The largest absolute Gasteiger partial charge is 0.426 e. The van der Waals surface area contributed by atoms with Gasteiger partial charge in [-0.15, -0.1) is 31.7 Å². The van der Waals surface area contributed by atoms with Gasteiger partial charge in [0.25, 0.3) is 0 Å². The van der Waals surface area contributed by atoms with Gasteiger partial charge in [-0.1, -0.05) is 52.6 Å². The average molecular weight is 791 g/mol. The SMILES string of the molecule is C.C.C.C.C.Cc1cc(C)[nH]n1.Cc1cc(C)n(C)n1.Cc1cc(C)on1.Cc1cc(C)on1.Cc1nnc(C)o1.Cc1nnc(C)s1.Cc1noc(C)n1. The Morgan fingerprint density at radius 2 is 1.00 bits per heavy atom. The Bertz CT molecular complexity index is 1500. The van der Waals surface area contributed by atoms with Gasteiger partial charge in [0.2, 0.25) is 17.7 Å². The number of hydrogen-bond donors (Lipinski definition) is 1. The van der Waals surface area contributed by atoms with Gasteiger partial charge in [0, 0.05) is 51.3 Å². The van der Waals surface area contributed by atoms with E-state index in [1.54, 1.807) is 39.0 Å². The van der Waals surface area contributed by atoms with E-state index < -0.39 is 0 Å². The van der Waals surface area contributed by atoms with Crippen LogP contribution in [-0.4, -0.2) is 60.8 Å². The molecule has 0 aromatic carbocycles. The van der Waals surface area contributed by atoms with E-state index in [4.69, 9.17) is 13.5 Å². The molecule has 55 heavy (non-hydrogen) atoms. The molecule has 0 bridgehead atoms. The second kappa shape index (κ2) is 31.1. The van der Waals surface area contributed by atoms with Gasteiger partial charge < -0.3 is 18.0 Å². The normalized spacial score (nSPS) is 8.64. The van der Waals surface area contributed by atoms with E-state index in [9.17, 15) is 0 Å². The Labute approximate surface area is 334 Å². The predicted octanol–water partition coefficient (Wildman–Crippen LogP) is 10.4. The number of H-pyrrole nitrogens is 1. The maximum Gasteiger partial charge on any atom is 0.223 e. The molecule has 1 N–H and O–H groups in total. The van der Waals surface area contributed by atoms with E-state index in [0.29, 0.717) is 23.5 Å². The molecule has 16 nitrogen and oxygen atoms in total. The van der Waals surface area contributed by atoms with Gasteiger partial charge in [-0.3, -0.25) is 9.78 Å². The van der Waals surface area contributed by atoms with Crippen LogP contribution in [0.5, 0.6) is 0 Å². The van der Waals surface area contributed by atoms with Gasteiger partial charge in [-0.05, 0) is 88.3 Å². The third-order valence-corrected chi connectivity index (χ3v) is 6.20. The molecule has 0 radical (unpaired) electrons. The molecule has 0 unspecified atom stereocenters. The highest BCUT2D eigenvalue weighted by Gasteiger charge is 1.93. The quantitative estimate of drug-likeness (QED) is 0.152. The van der Waals surface area contributed by atoms with Gasteiger partial charge in [0.05, 0.1) is 22.8 Å². The smallest absolute Gasteiger partial charge is 0.223 e. The highest BCUT2D eigenvalue weighted by Crippen LogP contribution is 2.04. The summed E-state index contributed by atoms with van der Waals surface area (Å²) in [4.78, 5) is 3.83. The molecule has 0 aliphatic heterocycles. The summed E-state index contributed by atoms with van der Waals surface area (Å²) in [5.41, 5.74) is 6.36. The lowest BCUT2D eigenvalue weighted by atomic mass is 10.4. The van der Waals surface area contributed by atoms with Crippen molar-refractivity contribution in [2.24, 2.45) is 7.05 Å². The molecule has 7 aromatic rings. The van der Waals surface area contributed by atoms with Crippen LogP contribution in [0.4, 0.5) is 0 Å². The van der Waals surface area contributed by atoms with E-state index in [1.807, 2.05) is 99.2 Å². The molecule has 0 aliphatic carbocycles. The van der Waals surface area contributed by atoms with Crippen LogP contribution in [0, 0.1) is 96.9 Å². The van der Waals surface area contributed by atoms with Crippen molar-refractivity contribution in [1.29, 1.82) is 0 Å². The number of aromatic amines is 1. The highest BCUT2D eigenvalue weighted by atomic mass is 32.1. The molecule has 0 spiro atoms. The lowest BCUT2D eigenvalue weighted by Crippen LogP contribution is -1.91. The summed E-state index contributed by atoms with van der Waals surface area (Å²) in [5.74, 6) is 4.31. The van der Waals surface area contributed by atoms with Crippen LogP contribution in [0.2, 0.25) is 0 Å². The zero-order valence-corrected chi connectivity index (χ0v) is 32.6. The van der Waals surface area contributed by atoms with Crippen molar-refractivity contribution in [3.63, 3.8) is 0 Å². The molecule has 0 amide bonds. The van der Waals surface area contributed by atoms with Gasteiger partial charge >= 0.3 is 0 Å². The lowest BCUT2D eigenvalue weighted by Gasteiger charge is -1.87. The van der Waals surface area contributed by atoms with Crippen LogP contribution in [0.1, 0.15) is 116 Å². The van der Waals surface area contributed by atoms with Crippen molar-refractivity contribution < 1.29 is 18.0 Å². The Morgan fingerprint density at radius 1 is 0.527 bits per heavy atom. The first kappa shape index (κ1) is 59.0. The fraction of sp³-hybridized carbons (Fsp3) is 0.526. The van der Waals surface area contributed by atoms with Crippen LogP contribution < -0.4 is 0 Å². The minimum Gasteiger partial charge on any atom is -0.426 e. The summed E-state index contributed by atoms with van der Waals surface area (Å²) in [6.07, 6.45) is 0. The standard InChI is InChI=1S/C6H10N2.C5H8N2.2C5H7NO.2C4H6N2O.C4H6N2S.5CH4/c1-5-4-6(2)8(3)7-5;3*1-4-3-5(2)7-6-4;1-3-5-6-4(2)7-3;1-3-5-4(2)7-6-3;1-3-5-6-4(2)7-3;;;;;/h4H,1-3H3;3H,1-2H3,(H,6,7);2*3H,1-2H3;3*1-2H3;5*1H4. The van der Waals surface area contributed by atoms with Crippen LogP contribution in [0.3, 0.4) is 0 Å². The highest BCUT2D eigenvalue weighted by molar-refractivity contribution is 7.11. The first-order valence-electron chi connectivity index (χ1n) is 15.5. The average Bonchev–Trinajstić information content (AvgIpc) is 3.91. The fourth-order valence-electron chi connectivity index (χ4n) is 3.47. The molecule has 7 heterocycles. The maximum absolute atomic E-state index is 4.86. The second-order valence-electron chi connectivity index (χ2n) is 10.9. The first-order chi connectivity index (χ1) is 23.4. The number of nitrogens with zero attached hydrogens (tertiary/aromatic N) is 11. The van der Waals surface area contributed by atoms with E-state index in [0.717, 1.165) is 50.0 Å². The zero-order chi connectivity index (χ0) is 37.8. The van der Waals surface area contributed by atoms with Crippen molar-refractivity contribution in [3.05, 3.63) is 103 Å². The topological polar surface area (TPSA) is 202 Å². The molecule has 0 aliphatic rings. The Hall–Kier alpha value is -5.32. The second-order valence-corrected chi connectivity index (χ2v) is 12.3. The molecule has 7 aromatic heterocycles. The number of nitrogens with one attached hydrogen (secondary N) is 1. The van der Waals surface area contributed by atoms with Crippen LogP contribution >= 0.6 is 11.3 Å². The number of aromatic nitrogens is 12. The molecule has 7 rings (SSSR count). The van der Waals surface area contributed by atoms with Gasteiger partial charge in [-0.2, -0.15) is 15.2 Å². The molecule has 0 saturated carbocycles. The van der Waals surface area contributed by atoms with Crippen molar-refractivity contribution in [2.75, 3.05) is 0 Å². The fourth-order valence-corrected chi connectivity index (χ4v) is 4.06. The summed E-state index contributed by atoms with van der Waals surface area (Å²) in [6, 6.07) is 7.83. The van der Waals surface area contributed by atoms with Gasteiger partial charge in [-0.25, -0.2) is 0 Å². The monoisotopic (exact) mass is 791 g/mol. The molecule has 312 valence electrons. The van der Waals surface area contributed by atoms with Crippen molar-refractivity contribution in [1.82, 2.24) is 60.8 Å². The number of hydrogen-bond acceptors (Lipinski definition) is 15. The molecule has 17 heteroatoms. The summed E-state index contributed by atoms with van der Waals surface area (Å²) < 4.78 is 20.8. The molecular formula is C38H70N12O4S. The third kappa shape index (κ3) is 28.8. The Balaban J connectivity index is -0.000000174. The summed E-state index contributed by atoms with van der Waals surface area (Å²) in [5, 5.41) is 38.5.